The summed E-state index contributed by atoms with van der Waals surface area (Å²) in [7, 11) is 0. The molecule has 2 unspecified atom stereocenters. The van der Waals surface area contributed by atoms with Crippen LogP contribution < -0.4 is 4.90 Å². The molecule has 1 saturated heterocycles. The third-order valence-electron chi connectivity index (χ3n) is 9.70. The highest BCUT2D eigenvalue weighted by Gasteiger charge is 2.58. The molecular formula is C32H38N2O3. The van der Waals surface area contributed by atoms with Crippen molar-refractivity contribution in [3.63, 3.8) is 0 Å². The van der Waals surface area contributed by atoms with Crippen molar-refractivity contribution in [3.8, 4) is 0 Å². The summed E-state index contributed by atoms with van der Waals surface area (Å²) in [5, 5.41) is 0. The standard InChI is InChI=1S/C32H38N2O3/c1-20(2)25-9-11-27(12-10-25)34-29(35)16-28(30(34)36)33(21(3)26-7-5-4-6-8-26)31(37)32-17-22-13-23(18-32)15-24(14-22)19-32/h4-12,20-24,28H,13-19H2,1-3H3. The van der Waals surface area contributed by atoms with Crippen LogP contribution >= 0.6 is 0 Å². The third kappa shape index (κ3) is 4.11. The largest absolute Gasteiger partial charge is 0.323 e. The molecule has 1 heterocycles. The molecular weight excluding hydrogens is 460 g/mol. The van der Waals surface area contributed by atoms with Crippen molar-refractivity contribution in [3.05, 3.63) is 65.7 Å². The average molecular weight is 499 g/mol. The normalized spacial score (nSPS) is 31.3. The van der Waals surface area contributed by atoms with Gasteiger partial charge in [0.25, 0.3) is 5.91 Å². The van der Waals surface area contributed by atoms with Crippen molar-refractivity contribution in [2.75, 3.05) is 4.90 Å². The Labute approximate surface area is 220 Å². The molecule has 194 valence electrons. The number of amides is 3. The number of nitrogens with zero attached hydrogens (tertiary/aromatic N) is 2. The van der Waals surface area contributed by atoms with Gasteiger partial charge in [-0.1, -0.05) is 56.3 Å². The fraction of sp³-hybridized carbons (Fsp3) is 0.531. The van der Waals surface area contributed by atoms with Gasteiger partial charge in [0.15, 0.2) is 0 Å². The summed E-state index contributed by atoms with van der Waals surface area (Å²) in [6.07, 6.45) is 6.60. The zero-order valence-electron chi connectivity index (χ0n) is 22.2. The van der Waals surface area contributed by atoms with E-state index in [2.05, 4.69) is 13.8 Å². The van der Waals surface area contributed by atoms with Gasteiger partial charge in [-0.3, -0.25) is 14.4 Å². The molecule has 5 nitrogen and oxygen atoms in total. The second-order valence-electron chi connectivity index (χ2n) is 12.5. The maximum atomic E-state index is 14.7. The van der Waals surface area contributed by atoms with Crippen molar-refractivity contribution in [2.45, 2.75) is 83.7 Å². The van der Waals surface area contributed by atoms with Crippen molar-refractivity contribution in [1.29, 1.82) is 0 Å². The van der Waals surface area contributed by atoms with Crippen LogP contribution in [0, 0.1) is 23.2 Å². The van der Waals surface area contributed by atoms with Gasteiger partial charge in [-0.05, 0) is 92.4 Å². The van der Waals surface area contributed by atoms with E-state index in [1.54, 1.807) is 0 Å². The molecule has 1 aliphatic heterocycles. The molecule has 2 aromatic carbocycles. The maximum Gasteiger partial charge on any atom is 0.257 e. The van der Waals surface area contributed by atoms with E-state index < -0.39 is 6.04 Å². The van der Waals surface area contributed by atoms with Crippen LogP contribution in [0.5, 0.6) is 0 Å². The van der Waals surface area contributed by atoms with Crippen molar-refractivity contribution < 1.29 is 14.4 Å². The Bertz CT molecular complexity index is 1170. The zero-order valence-corrected chi connectivity index (χ0v) is 22.2. The minimum Gasteiger partial charge on any atom is -0.323 e. The molecule has 4 aliphatic carbocycles. The molecule has 5 fully saturated rings. The summed E-state index contributed by atoms with van der Waals surface area (Å²) in [6.45, 7) is 6.26. The summed E-state index contributed by atoms with van der Waals surface area (Å²) in [5.41, 5.74) is 2.38. The van der Waals surface area contributed by atoms with Crippen LogP contribution in [0.3, 0.4) is 0 Å². The van der Waals surface area contributed by atoms with Gasteiger partial charge in [-0.2, -0.15) is 0 Å². The fourth-order valence-corrected chi connectivity index (χ4v) is 8.24. The number of hydrogen-bond donors (Lipinski definition) is 0. The number of hydrogen-bond acceptors (Lipinski definition) is 3. The predicted molar refractivity (Wildman–Crippen MR) is 144 cm³/mol. The van der Waals surface area contributed by atoms with Gasteiger partial charge < -0.3 is 4.90 Å². The first-order chi connectivity index (χ1) is 17.8. The topological polar surface area (TPSA) is 57.7 Å². The Kier molecular flexibility index (Phi) is 6.00. The molecule has 0 aromatic heterocycles. The van der Waals surface area contributed by atoms with E-state index in [1.807, 2.05) is 66.4 Å². The monoisotopic (exact) mass is 498 g/mol. The van der Waals surface area contributed by atoms with E-state index in [1.165, 1.54) is 24.2 Å². The highest BCUT2D eigenvalue weighted by atomic mass is 16.2. The lowest BCUT2D eigenvalue weighted by Crippen LogP contribution is -2.58. The Morgan fingerprint density at radius 2 is 1.41 bits per heavy atom. The molecule has 7 rings (SSSR count). The molecule has 2 atom stereocenters. The maximum absolute atomic E-state index is 14.7. The SMILES string of the molecule is CC(C)c1ccc(N2C(=O)CC(N(C(=O)C34CC5CC(CC(C5)C3)C4)C(C)c3ccccc3)C2=O)cc1. The van der Waals surface area contributed by atoms with E-state index in [0.29, 0.717) is 29.4 Å². The quantitative estimate of drug-likeness (QED) is 0.443. The molecule has 3 amide bonds. The van der Waals surface area contributed by atoms with Crippen LogP contribution in [-0.4, -0.2) is 28.7 Å². The minimum atomic E-state index is -0.770. The second-order valence-corrected chi connectivity index (χ2v) is 12.5. The van der Waals surface area contributed by atoms with Crippen LogP contribution in [0.2, 0.25) is 0 Å². The smallest absolute Gasteiger partial charge is 0.257 e. The van der Waals surface area contributed by atoms with E-state index in [0.717, 1.165) is 30.4 Å². The van der Waals surface area contributed by atoms with Crippen molar-refractivity contribution in [2.24, 2.45) is 23.2 Å². The molecule has 0 radical (unpaired) electrons. The van der Waals surface area contributed by atoms with Gasteiger partial charge in [-0.25, -0.2) is 4.90 Å². The van der Waals surface area contributed by atoms with Crippen molar-refractivity contribution >= 4 is 23.4 Å². The number of benzene rings is 2. The number of carbonyl (C=O) groups is 3. The van der Waals surface area contributed by atoms with Gasteiger partial charge in [0.2, 0.25) is 11.8 Å². The summed E-state index contributed by atoms with van der Waals surface area (Å²) in [4.78, 5) is 45.1. The zero-order chi connectivity index (χ0) is 25.9. The highest BCUT2D eigenvalue weighted by molar-refractivity contribution is 6.23. The minimum absolute atomic E-state index is 0.0417. The third-order valence-corrected chi connectivity index (χ3v) is 9.70. The predicted octanol–water partition coefficient (Wildman–Crippen LogP) is 6.25. The number of carbonyl (C=O) groups excluding carboxylic acids is 3. The van der Waals surface area contributed by atoms with Gasteiger partial charge in [0.1, 0.15) is 6.04 Å². The van der Waals surface area contributed by atoms with E-state index >= 15 is 0 Å². The molecule has 5 heteroatoms. The Balaban J connectivity index is 1.35. The van der Waals surface area contributed by atoms with E-state index in [-0.39, 0.29) is 35.6 Å². The van der Waals surface area contributed by atoms with E-state index in [9.17, 15) is 14.4 Å². The summed E-state index contributed by atoms with van der Waals surface area (Å²) in [5.74, 6) is 1.85. The first kappa shape index (κ1) is 24.4. The highest BCUT2D eigenvalue weighted by Crippen LogP contribution is 2.61. The summed E-state index contributed by atoms with van der Waals surface area (Å²) < 4.78 is 0. The molecule has 5 aliphatic rings. The van der Waals surface area contributed by atoms with Gasteiger partial charge in [-0.15, -0.1) is 0 Å². The Morgan fingerprint density at radius 3 is 1.95 bits per heavy atom. The van der Waals surface area contributed by atoms with Crippen LogP contribution in [0.25, 0.3) is 0 Å². The second kappa shape index (κ2) is 9.11. The van der Waals surface area contributed by atoms with Crippen LogP contribution in [0.1, 0.15) is 88.8 Å². The molecule has 4 bridgehead atoms. The molecule has 37 heavy (non-hydrogen) atoms. The average Bonchev–Trinajstić information content (AvgIpc) is 3.17. The first-order valence-corrected chi connectivity index (χ1v) is 14.1. The molecule has 2 aromatic rings. The lowest BCUT2D eigenvalue weighted by Gasteiger charge is -2.57. The van der Waals surface area contributed by atoms with E-state index in [4.69, 9.17) is 0 Å². The Morgan fingerprint density at radius 1 is 0.838 bits per heavy atom. The van der Waals surface area contributed by atoms with Gasteiger partial charge in [0.05, 0.1) is 23.6 Å². The lowest BCUT2D eigenvalue weighted by molar-refractivity contribution is -0.164. The Hall–Kier alpha value is -2.95. The molecule has 0 N–H and O–H groups in total. The number of imide groups is 1. The van der Waals surface area contributed by atoms with Crippen LogP contribution in [0.15, 0.2) is 54.6 Å². The number of anilines is 1. The molecule has 0 spiro atoms. The lowest BCUT2D eigenvalue weighted by atomic mass is 9.49. The summed E-state index contributed by atoms with van der Waals surface area (Å²) in [6, 6.07) is 16.6. The van der Waals surface area contributed by atoms with Gasteiger partial charge in [0, 0.05) is 0 Å². The van der Waals surface area contributed by atoms with Crippen molar-refractivity contribution in [1.82, 2.24) is 4.90 Å². The summed E-state index contributed by atoms with van der Waals surface area (Å²) >= 11 is 0. The number of rotatable bonds is 6. The van der Waals surface area contributed by atoms with Crippen LogP contribution in [0.4, 0.5) is 5.69 Å². The van der Waals surface area contributed by atoms with Crippen LogP contribution in [-0.2, 0) is 14.4 Å². The first-order valence-electron chi connectivity index (χ1n) is 14.1. The molecule has 4 saturated carbocycles. The van der Waals surface area contributed by atoms with Gasteiger partial charge >= 0.3 is 0 Å². The fourth-order valence-electron chi connectivity index (χ4n) is 8.24.